The van der Waals surface area contributed by atoms with E-state index in [1.54, 1.807) is 6.07 Å². The van der Waals surface area contributed by atoms with Crippen molar-refractivity contribution in [2.24, 2.45) is 11.8 Å². The van der Waals surface area contributed by atoms with Gasteiger partial charge < -0.3 is 5.32 Å². The molecule has 1 nitrogen and oxygen atoms in total. The molecule has 0 radical (unpaired) electrons. The van der Waals surface area contributed by atoms with Gasteiger partial charge in [-0.15, -0.1) is 0 Å². The zero-order chi connectivity index (χ0) is 11.7. The Morgan fingerprint density at radius 1 is 1.50 bits per heavy atom. The van der Waals surface area contributed by atoms with Crippen molar-refractivity contribution in [3.8, 4) is 0 Å². The van der Waals surface area contributed by atoms with Crippen LogP contribution in [0.25, 0.3) is 0 Å². The second-order valence-corrected chi connectivity index (χ2v) is 4.91. The minimum atomic E-state index is -0.128. The Morgan fingerprint density at radius 3 is 2.75 bits per heavy atom. The molecular weight excluding hydrogens is 201 g/mol. The molecule has 0 bridgehead atoms. The van der Waals surface area contributed by atoms with Gasteiger partial charge in [0.05, 0.1) is 0 Å². The smallest absolute Gasteiger partial charge is 0.123 e. The second-order valence-electron chi connectivity index (χ2n) is 4.91. The van der Waals surface area contributed by atoms with E-state index >= 15 is 0 Å². The van der Waals surface area contributed by atoms with E-state index in [0.29, 0.717) is 12.0 Å². The van der Waals surface area contributed by atoms with E-state index in [1.165, 1.54) is 18.1 Å². The zero-order valence-electron chi connectivity index (χ0n) is 10.3. The Morgan fingerprint density at radius 2 is 2.19 bits per heavy atom. The molecule has 16 heavy (non-hydrogen) atoms. The number of nitrogens with one attached hydrogen (secondary N) is 1. The van der Waals surface area contributed by atoms with Gasteiger partial charge in [0.1, 0.15) is 5.82 Å². The van der Waals surface area contributed by atoms with Gasteiger partial charge in [-0.1, -0.05) is 19.9 Å². The third-order valence-corrected chi connectivity index (χ3v) is 3.60. The monoisotopic (exact) mass is 221 g/mol. The fourth-order valence-corrected chi connectivity index (χ4v) is 2.47. The largest absolute Gasteiger partial charge is 0.310 e. The number of rotatable bonds is 4. The van der Waals surface area contributed by atoms with E-state index in [1.807, 2.05) is 6.07 Å². The number of hydrogen-bond donors (Lipinski definition) is 1. The third kappa shape index (κ3) is 2.27. The van der Waals surface area contributed by atoms with Crippen molar-refractivity contribution in [2.45, 2.75) is 33.2 Å². The highest BCUT2D eigenvalue weighted by atomic mass is 19.1. The highest BCUT2D eigenvalue weighted by Crippen LogP contribution is 2.47. The van der Waals surface area contributed by atoms with Crippen molar-refractivity contribution in [1.82, 2.24) is 5.32 Å². The summed E-state index contributed by atoms with van der Waals surface area (Å²) in [6.45, 7) is 7.37. The van der Waals surface area contributed by atoms with Crippen molar-refractivity contribution in [3.05, 3.63) is 35.1 Å². The minimum absolute atomic E-state index is 0.128. The standard InChI is InChI=1S/C14H20FN/c1-4-16-14(12-7-10(12)3)13-8-11(15)6-5-9(13)2/h5-6,8,10,12,14,16H,4,7H2,1-3H3. The van der Waals surface area contributed by atoms with E-state index in [4.69, 9.17) is 0 Å². The summed E-state index contributed by atoms with van der Waals surface area (Å²) < 4.78 is 13.3. The van der Waals surface area contributed by atoms with Gasteiger partial charge in [-0.05, 0) is 55.0 Å². The van der Waals surface area contributed by atoms with Gasteiger partial charge in [-0.25, -0.2) is 4.39 Å². The zero-order valence-corrected chi connectivity index (χ0v) is 10.3. The summed E-state index contributed by atoms with van der Waals surface area (Å²) in [4.78, 5) is 0. The van der Waals surface area contributed by atoms with Crippen LogP contribution in [0, 0.1) is 24.6 Å². The van der Waals surface area contributed by atoms with Gasteiger partial charge in [0, 0.05) is 6.04 Å². The molecule has 3 atom stereocenters. The Labute approximate surface area is 97.1 Å². The molecule has 0 amide bonds. The maximum Gasteiger partial charge on any atom is 0.123 e. The van der Waals surface area contributed by atoms with Crippen LogP contribution < -0.4 is 5.32 Å². The predicted molar refractivity (Wildman–Crippen MR) is 64.8 cm³/mol. The average Bonchev–Trinajstić information content (AvgIpc) is 2.96. The van der Waals surface area contributed by atoms with Gasteiger partial charge in [-0.2, -0.15) is 0 Å². The highest BCUT2D eigenvalue weighted by Gasteiger charge is 2.40. The van der Waals surface area contributed by atoms with E-state index in [0.717, 1.165) is 18.0 Å². The molecule has 1 aliphatic carbocycles. The van der Waals surface area contributed by atoms with Gasteiger partial charge >= 0.3 is 0 Å². The molecular formula is C14H20FN. The molecule has 1 saturated carbocycles. The molecule has 2 rings (SSSR count). The molecule has 0 heterocycles. The third-order valence-electron chi connectivity index (χ3n) is 3.60. The van der Waals surface area contributed by atoms with Crippen LogP contribution in [0.1, 0.15) is 37.4 Å². The number of halogens is 1. The maximum absolute atomic E-state index is 13.3. The molecule has 3 unspecified atom stereocenters. The predicted octanol–water partition coefficient (Wildman–Crippen LogP) is 3.44. The lowest BCUT2D eigenvalue weighted by Gasteiger charge is -2.20. The molecule has 1 N–H and O–H groups in total. The fourth-order valence-electron chi connectivity index (χ4n) is 2.47. The van der Waals surface area contributed by atoms with Crippen LogP contribution in [0.4, 0.5) is 4.39 Å². The topological polar surface area (TPSA) is 12.0 Å². The highest BCUT2D eigenvalue weighted by molar-refractivity contribution is 5.31. The SMILES string of the molecule is CCNC(c1cc(F)ccc1C)C1CC1C. The van der Waals surface area contributed by atoms with Gasteiger partial charge in [-0.3, -0.25) is 0 Å². The van der Waals surface area contributed by atoms with Crippen LogP contribution >= 0.6 is 0 Å². The first-order chi connectivity index (χ1) is 7.63. The summed E-state index contributed by atoms with van der Waals surface area (Å²) in [5, 5.41) is 3.49. The van der Waals surface area contributed by atoms with Crippen molar-refractivity contribution in [3.63, 3.8) is 0 Å². The Hall–Kier alpha value is -0.890. The van der Waals surface area contributed by atoms with E-state index in [-0.39, 0.29) is 5.82 Å². The summed E-state index contributed by atoms with van der Waals surface area (Å²) >= 11 is 0. The first-order valence-corrected chi connectivity index (χ1v) is 6.13. The van der Waals surface area contributed by atoms with Crippen LogP contribution in [0.3, 0.4) is 0 Å². The molecule has 1 fully saturated rings. The lowest BCUT2D eigenvalue weighted by Crippen LogP contribution is -2.24. The van der Waals surface area contributed by atoms with Crippen LogP contribution in [-0.4, -0.2) is 6.54 Å². The maximum atomic E-state index is 13.3. The van der Waals surface area contributed by atoms with Gasteiger partial charge in [0.15, 0.2) is 0 Å². The summed E-state index contributed by atoms with van der Waals surface area (Å²) in [5.74, 6) is 1.32. The summed E-state index contributed by atoms with van der Waals surface area (Å²) in [6, 6.07) is 5.43. The van der Waals surface area contributed by atoms with Crippen molar-refractivity contribution < 1.29 is 4.39 Å². The van der Waals surface area contributed by atoms with Gasteiger partial charge in [0.25, 0.3) is 0 Å². The molecule has 0 spiro atoms. The molecule has 1 aliphatic rings. The molecule has 1 aromatic rings. The van der Waals surface area contributed by atoms with E-state index in [2.05, 4.69) is 26.1 Å². The van der Waals surface area contributed by atoms with Crippen molar-refractivity contribution >= 4 is 0 Å². The van der Waals surface area contributed by atoms with E-state index < -0.39 is 0 Å². The molecule has 0 aliphatic heterocycles. The Kier molecular flexibility index (Phi) is 3.29. The minimum Gasteiger partial charge on any atom is -0.310 e. The van der Waals surface area contributed by atoms with Gasteiger partial charge in [0.2, 0.25) is 0 Å². The van der Waals surface area contributed by atoms with Crippen LogP contribution in [0.5, 0.6) is 0 Å². The first kappa shape index (κ1) is 11.6. The van der Waals surface area contributed by atoms with Crippen molar-refractivity contribution in [2.75, 3.05) is 6.54 Å². The van der Waals surface area contributed by atoms with Crippen LogP contribution in [-0.2, 0) is 0 Å². The lowest BCUT2D eigenvalue weighted by molar-refractivity contribution is 0.470. The Balaban J connectivity index is 2.27. The molecule has 0 saturated heterocycles. The summed E-state index contributed by atoms with van der Waals surface area (Å²) in [7, 11) is 0. The number of hydrogen-bond acceptors (Lipinski definition) is 1. The summed E-state index contributed by atoms with van der Waals surface area (Å²) in [5.41, 5.74) is 2.32. The lowest BCUT2D eigenvalue weighted by atomic mass is 9.96. The number of aryl methyl sites for hydroxylation is 1. The second kappa shape index (κ2) is 4.54. The fraction of sp³-hybridized carbons (Fsp3) is 0.571. The van der Waals surface area contributed by atoms with E-state index in [9.17, 15) is 4.39 Å². The van der Waals surface area contributed by atoms with Crippen LogP contribution in [0.2, 0.25) is 0 Å². The average molecular weight is 221 g/mol. The van der Waals surface area contributed by atoms with Crippen LogP contribution in [0.15, 0.2) is 18.2 Å². The molecule has 2 heteroatoms. The number of benzene rings is 1. The van der Waals surface area contributed by atoms with Crippen molar-refractivity contribution in [1.29, 1.82) is 0 Å². The molecule has 0 aromatic heterocycles. The Bertz CT molecular complexity index is 375. The quantitative estimate of drug-likeness (QED) is 0.821. The molecule has 1 aromatic carbocycles. The molecule has 88 valence electrons. The first-order valence-electron chi connectivity index (χ1n) is 6.13. The summed E-state index contributed by atoms with van der Waals surface area (Å²) in [6.07, 6.45) is 1.26. The normalized spacial score (nSPS) is 25.5.